The molecule has 1 N–H and O–H groups in total. The van der Waals surface area contributed by atoms with E-state index in [2.05, 4.69) is 32.0 Å². The molecule has 0 aromatic carbocycles. The van der Waals surface area contributed by atoms with Crippen molar-refractivity contribution in [1.82, 2.24) is 5.32 Å². The van der Waals surface area contributed by atoms with Crippen molar-refractivity contribution in [2.75, 3.05) is 12.3 Å². The van der Waals surface area contributed by atoms with E-state index in [1.807, 2.05) is 11.8 Å². The molecule has 0 aromatic rings. The van der Waals surface area contributed by atoms with Crippen molar-refractivity contribution in [2.45, 2.75) is 57.7 Å². The van der Waals surface area contributed by atoms with Crippen molar-refractivity contribution in [1.29, 1.82) is 0 Å². The van der Waals surface area contributed by atoms with E-state index in [1.165, 1.54) is 18.6 Å². The summed E-state index contributed by atoms with van der Waals surface area (Å²) in [4.78, 5) is 0. The zero-order valence-electron chi connectivity index (χ0n) is 10.4. The second-order valence-corrected chi connectivity index (χ2v) is 5.74. The van der Waals surface area contributed by atoms with Crippen molar-refractivity contribution in [2.24, 2.45) is 0 Å². The zero-order valence-corrected chi connectivity index (χ0v) is 11.2. The average molecular weight is 227 g/mol. The highest BCUT2D eigenvalue weighted by Crippen LogP contribution is 2.13. The van der Waals surface area contributed by atoms with Gasteiger partial charge in [0.1, 0.15) is 0 Å². The minimum Gasteiger partial charge on any atom is -0.313 e. The normalized spacial score (nSPS) is 12.7. The van der Waals surface area contributed by atoms with Gasteiger partial charge in [0.05, 0.1) is 0 Å². The van der Waals surface area contributed by atoms with Gasteiger partial charge in [0.25, 0.3) is 0 Å². The predicted octanol–water partition coefficient (Wildman–Crippen LogP) is 3.30. The highest BCUT2D eigenvalue weighted by atomic mass is 32.2. The maximum Gasteiger partial charge on any atom is 0.0158 e. The smallest absolute Gasteiger partial charge is 0.0158 e. The first-order valence-corrected chi connectivity index (χ1v) is 7.04. The van der Waals surface area contributed by atoms with Gasteiger partial charge in [-0.25, -0.2) is 0 Å². The molecule has 1 atom stereocenters. The Labute approximate surface area is 99.8 Å². The summed E-state index contributed by atoms with van der Waals surface area (Å²) in [6.07, 6.45) is 9.74. The van der Waals surface area contributed by atoms with Crippen molar-refractivity contribution in [3.63, 3.8) is 0 Å². The molecule has 0 aliphatic carbocycles. The van der Waals surface area contributed by atoms with Gasteiger partial charge in [-0.3, -0.25) is 0 Å². The lowest BCUT2D eigenvalue weighted by Gasteiger charge is -2.18. The number of terminal acetylenes is 1. The Balaban J connectivity index is 3.68. The molecule has 0 fully saturated rings. The summed E-state index contributed by atoms with van der Waals surface area (Å²) in [7, 11) is 0. The summed E-state index contributed by atoms with van der Waals surface area (Å²) >= 11 is 2.03. The molecule has 2 heteroatoms. The van der Waals surface area contributed by atoms with Gasteiger partial charge >= 0.3 is 0 Å². The third-order valence-corrected chi connectivity index (χ3v) is 3.45. The molecule has 15 heavy (non-hydrogen) atoms. The Morgan fingerprint density at radius 3 is 2.67 bits per heavy atom. The van der Waals surface area contributed by atoms with E-state index in [9.17, 15) is 0 Å². The number of thioether (sulfide) groups is 1. The van der Waals surface area contributed by atoms with Crippen LogP contribution in [0.5, 0.6) is 0 Å². The molecular formula is C13H25NS. The fourth-order valence-electron chi connectivity index (χ4n) is 1.35. The van der Waals surface area contributed by atoms with E-state index >= 15 is 0 Å². The number of rotatable bonds is 9. The number of unbranched alkanes of at least 4 members (excludes halogenated alkanes) is 1. The van der Waals surface area contributed by atoms with E-state index in [-0.39, 0.29) is 0 Å². The van der Waals surface area contributed by atoms with Gasteiger partial charge in [-0.2, -0.15) is 11.8 Å². The number of hydrogen-bond donors (Lipinski definition) is 1. The van der Waals surface area contributed by atoms with E-state index in [4.69, 9.17) is 6.42 Å². The van der Waals surface area contributed by atoms with Crippen LogP contribution < -0.4 is 5.32 Å². The Bertz CT molecular complexity index is 172. The van der Waals surface area contributed by atoms with Gasteiger partial charge in [0, 0.05) is 18.2 Å². The maximum atomic E-state index is 5.26. The highest BCUT2D eigenvalue weighted by Gasteiger charge is 2.08. The number of nitrogens with one attached hydrogen (secondary N) is 1. The van der Waals surface area contributed by atoms with Crippen LogP contribution in [0.15, 0.2) is 0 Å². The molecule has 0 amide bonds. The van der Waals surface area contributed by atoms with E-state index < -0.39 is 0 Å². The van der Waals surface area contributed by atoms with Crippen LogP contribution in [0.2, 0.25) is 0 Å². The molecule has 0 aliphatic rings. The Morgan fingerprint density at radius 2 is 2.13 bits per heavy atom. The maximum absolute atomic E-state index is 5.26. The molecule has 0 rings (SSSR count). The van der Waals surface area contributed by atoms with E-state index in [0.29, 0.717) is 6.04 Å². The molecule has 0 aromatic heterocycles. The van der Waals surface area contributed by atoms with Crippen LogP contribution in [0, 0.1) is 12.3 Å². The summed E-state index contributed by atoms with van der Waals surface area (Å²) in [5.41, 5.74) is 0. The fourth-order valence-corrected chi connectivity index (χ4v) is 2.25. The number of hydrogen-bond acceptors (Lipinski definition) is 2. The summed E-state index contributed by atoms with van der Waals surface area (Å²) < 4.78 is 0. The van der Waals surface area contributed by atoms with Crippen LogP contribution in [0.25, 0.3) is 0 Å². The van der Waals surface area contributed by atoms with E-state index in [0.717, 1.165) is 24.6 Å². The average Bonchev–Trinajstić information content (AvgIpc) is 2.21. The Kier molecular flexibility index (Phi) is 10.3. The third-order valence-electron chi connectivity index (χ3n) is 2.19. The lowest BCUT2D eigenvalue weighted by atomic mass is 10.1. The minimum absolute atomic E-state index is 0.644. The molecule has 1 unspecified atom stereocenters. The molecule has 0 aliphatic heterocycles. The second-order valence-electron chi connectivity index (χ2n) is 4.13. The van der Waals surface area contributed by atoms with Crippen molar-refractivity contribution in [3.8, 4) is 12.3 Å². The zero-order chi connectivity index (χ0) is 11.5. The summed E-state index contributed by atoms with van der Waals surface area (Å²) in [5.74, 6) is 3.92. The molecule has 88 valence electrons. The summed E-state index contributed by atoms with van der Waals surface area (Å²) in [5, 5.41) is 4.32. The van der Waals surface area contributed by atoms with Crippen LogP contribution >= 0.6 is 11.8 Å². The monoisotopic (exact) mass is 227 g/mol. The van der Waals surface area contributed by atoms with Gasteiger partial charge in [0.2, 0.25) is 0 Å². The van der Waals surface area contributed by atoms with Gasteiger partial charge in [0.15, 0.2) is 0 Å². The fraction of sp³-hybridized carbons (Fsp3) is 0.846. The SMILES string of the molecule is C#CCCCC(CSC(C)C)NCCC. The molecular weight excluding hydrogens is 202 g/mol. The van der Waals surface area contributed by atoms with Gasteiger partial charge < -0.3 is 5.32 Å². The largest absolute Gasteiger partial charge is 0.313 e. The van der Waals surface area contributed by atoms with Crippen LogP contribution in [0.3, 0.4) is 0 Å². The first kappa shape index (κ1) is 14.9. The van der Waals surface area contributed by atoms with Gasteiger partial charge in [-0.15, -0.1) is 12.3 Å². The van der Waals surface area contributed by atoms with Crippen LogP contribution in [-0.4, -0.2) is 23.6 Å². The van der Waals surface area contributed by atoms with Crippen molar-refractivity contribution < 1.29 is 0 Å². The van der Waals surface area contributed by atoms with Crippen LogP contribution in [0.4, 0.5) is 0 Å². The summed E-state index contributed by atoms with van der Waals surface area (Å²) in [6, 6.07) is 0.644. The predicted molar refractivity (Wildman–Crippen MR) is 72.4 cm³/mol. The lowest BCUT2D eigenvalue weighted by molar-refractivity contribution is 0.507. The topological polar surface area (TPSA) is 12.0 Å². The minimum atomic E-state index is 0.644. The lowest BCUT2D eigenvalue weighted by Crippen LogP contribution is -2.32. The quantitative estimate of drug-likeness (QED) is 0.479. The first-order chi connectivity index (χ1) is 7.20. The van der Waals surface area contributed by atoms with Crippen LogP contribution in [0.1, 0.15) is 46.5 Å². The summed E-state index contributed by atoms with van der Waals surface area (Å²) in [6.45, 7) is 7.84. The molecule has 0 heterocycles. The molecule has 0 saturated heterocycles. The Morgan fingerprint density at radius 1 is 1.40 bits per heavy atom. The van der Waals surface area contributed by atoms with Gasteiger partial charge in [-0.05, 0) is 31.1 Å². The molecule has 0 radical (unpaired) electrons. The van der Waals surface area contributed by atoms with Crippen molar-refractivity contribution >= 4 is 11.8 Å². The standard InChI is InChI=1S/C13H25NS/c1-5-7-8-9-13(14-10-6-2)11-15-12(3)4/h1,12-14H,6-11H2,2-4H3. The highest BCUT2D eigenvalue weighted by molar-refractivity contribution is 7.99. The van der Waals surface area contributed by atoms with Gasteiger partial charge in [-0.1, -0.05) is 20.8 Å². The molecule has 0 spiro atoms. The first-order valence-electron chi connectivity index (χ1n) is 5.99. The second kappa shape index (κ2) is 10.4. The molecule has 0 bridgehead atoms. The van der Waals surface area contributed by atoms with E-state index in [1.54, 1.807) is 0 Å². The third kappa shape index (κ3) is 10.2. The van der Waals surface area contributed by atoms with Crippen molar-refractivity contribution in [3.05, 3.63) is 0 Å². The molecule has 1 nitrogen and oxygen atoms in total. The Hall–Kier alpha value is -0.130. The molecule has 0 saturated carbocycles. The van der Waals surface area contributed by atoms with Crippen LogP contribution in [-0.2, 0) is 0 Å².